The molecule has 2 unspecified atom stereocenters. The number of nitrogens with one attached hydrogen (secondary N) is 1. The van der Waals surface area contributed by atoms with E-state index in [1.54, 1.807) is 0 Å². The van der Waals surface area contributed by atoms with Crippen LogP contribution in [0.15, 0.2) is 0 Å². The summed E-state index contributed by atoms with van der Waals surface area (Å²) in [6.45, 7) is 14.2. The zero-order chi connectivity index (χ0) is 18.5. The predicted octanol–water partition coefficient (Wildman–Crippen LogP) is 3.42. The number of hydrogen-bond donors (Lipinski definition) is 1. The predicted molar refractivity (Wildman–Crippen MR) is 96.6 cm³/mol. The monoisotopic (exact) mass is 343 g/mol. The maximum atomic E-state index is 11.9. The van der Waals surface area contributed by atoms with E-state index in [1.165, 1.54) is 0 Å². The van der Waals surface area contributed by atoms with E-state index in [0.29, 0.717) is 38.1 Å². The van der Waals surface area contributed by atoms with E-state index in [0.717, 1.165) is 19.3 Å². The van der Waals surface area contributed by atoms with Crippen molar-refractivity contribution < 1.29 is 19.1 Å². The molecule has 1 N–H and O–H groups in total. The van der Waals surface area contributed by atoms with Crippen LogP contribution in [-0.2, 0) is 19.1 Å². The molecule has 0 aromatic rings. The minimum atomic E-state index is -0.142. The molecule has 0 radical (unpaired) electrons. The van der Waals surface area contributed by atoms with Gasteiger partial charge in [-0.15, -0.1) is 0 Å². The number of esters is 2. The van der Waals surface area contributed by atoms with Gasteiger partial charge >= 0.3 is 11.9 Å². The highest BCUT2D eigenvalue weighted by atomic mass is 16.5. The Morgan fingerprint density at radius 2 is 1.33 bits per heavy atom. The highest BCUT2D eigenvalue weighted by Gasteiger charge is 2.19. The summed E-state index contributed by atoms with van der Waals surface area (Å²) in [5.41, 5.74) is 0. The van der Waals surface area contributed by atoms with E-state index in [9.17, 15) is 9.59 Å². The number of carbonyl (C=O) groups is 2. The molecule has 0 rings (SSSR count). The Kier molecular flexibility index (Phi) is 12.6. The third-order valence-electron chi connectivity index (χ3n) is 3.86. The van der Waals surface area contributed by atoms with Crippen molar-refractivity contribution in [2.75, 3.05) is 26.3 Å². The van der Waals surface area contributed by atoms with Gasteiger partial charge in [-0.2, -0.15) is 0 Å². The van der Waals surface area contributed by atoms with Gasteiger partial charge in [-0.3, -0.25) is 9.59 Å². The first-order valence-electron chi connectivity index (χ1n) is 9.31. The van der Waals surface area contributed by atoms with Crippen molar-refractivity contribution in [3.8, 4) is 0 Å². The van der Waals surface area contributed by atoms with Crippen LogP contribution in [0.25, 0.3) is 0 Å². The molecular weight excluding hydrogens is 306 g/mol. The average Bonchev–Trinajstić information content (AvgIpc) is 2.50. The summed E-state index contributed by atoms with van der Waals surface area (Å²) in [4.78, 5) is 23.7. The van der Waals surface area contributed by atoms with Gasteiger partial charge in [-0.1, -0.05) is 41.5 Å². The van der Waals surface area contributed by atoms with Gasteiger partial charge in [-0.25, -0.2) is 0 Å². The molecule has 0 aromatic heterocycles. The second-order valence-corrected chi connectivity index (χ2v) is 7.35. The number of hydrogen-bond acceptors (Lipinski definition) is 5. The lowest BCUT2D eigenvalue weighted by molar-refractivity contribution is -0.149. The van der Waals surface area contributed by atoms with Crippen LogP contribution >= 0.6 is 0 Å². The molecule has 0 fully saturated rings. The first kappa shape index (κ1) is 22.9. The van der Waals surface area contributed by atoms with Crippen molar-refractivity contribution in [2.24, 2.45) is 23.7 Å². The van der Waals surface area contributed by atoms with Gasteiger partial charge in [0, 0.05) is 13.1 Å². The summed E-state index contributed by atoms with van der Waals surface area (Å²) >= 11 is 0. The lowest BCUT2D eigenvalue weighted by Gasteiger charge is -2.16. The molecule has 0 amide bonds. The summed E-state index contributed by atoms with van der Waals surface area (Å²) in [6.07, 6.45) is 2.53. The summed E-state index contributed by atoms with van der Waals surface area (Å²) in [5, 5.41) is 3.12. The van der Waals surface area contributed by atoms with E-state index >= 15 is 0 Å². The highest BCUT2D eigenvalue weighted by Crippen LogP contribution is 2.16. The molecule has 0 saturated heterocycles. The van der Waals surface area contributed by atoms with Crippen LogP contribution in [0.4, 0.5) is 0 Å². The Morgan fingerprint density at radius 1 is 0.833 bits per heavy atom. The van der Waals surface area contributed by atoms with Crippen molar-refractivity contribution in [3.63, 3.8) is 0 Å². The van der Waals surface area contributed by atoms with Gasteiger partial charge in [-0.05, 0) is 31.1 Å². The van der Waals surface area contributed by atoms with Crippen molar-refractivity contribution in [2.45, 2.75) is 60.8 Å². The molecular formula is C19H37NO4. The quantitative estimate of drug-likeness (QED) is 0.410. The summed E-state index contributed by atoms with van der Waals surface area (Å²) in [5.74, 6) is 0.668. The van der Waals surface area contributed by atoms with Gasteiger partial charge in [0.25, 0.3) is 0 Å². The lowest BCUT2D eigenvalue weighted by atomic mass is 9.95. The highest BCUT2D eigenvalue weighted by molar-refractivity contribution is 5.72. The normalized spacial score (nSPS) is 13.8. The zero-order valence-corrected chi connectivity index (χ0v) is 16.4. The van der Waals surface area contributed by atoms with Gasteiger partial charge in [0.05, 0.1) is 11.8 Å². The number of ether oxygens (including phenoxy) is 2. The number of carbonyl (C=O) groups excluding carboxylic acids is 2. The smallest absolute Gasteiger partial charge is 0.308 e. The minimum Gasteiger partial charge on any atom is -0.464 e. The first-order valence-corrected chi connectivity index (χ1v) is 9.31. The molecule has 0 aromatic carbocycles. The van der Waals surface area contributed by atoms with Crippen LogP contribution < -0.4 is 5.32 Å². The Bertz CT molecular complexity index is 355. The molecule has 0 spiro atoms. The molecule has 24 heavy (non-hydrogen) atoms. The van der Waals surface area contributed by atoms with Crippen LogP contribution in [0.1, 0.15) is 60.8 Å². The van der Waals surface area contributed by atoms with Crippen LogP contribution in [-0.4, -0.2) is 38.2 Å². The lowest BCUT2D eigenvalue weighted by Crippen LogP contribution is -2.28. The van der Waals surface area contributed by atoms with E-state index < -0.39 is 0 Å². The minimum absolute atomic E-state index is 0.00611. The average molecular weight is 344 g/mol. The molecule has 0 aliphatic rings. The Hall–Kier alpha value is -1.10. The van der Waals surface area contributed by atoms with Gasteiger partial charge in [0.15, 0.2) is 0 Å². The second kappa shape index (κ2) is 13.2. The second-order valence-electron chi connectivity index (χ2n) is 7.35. The summed E-state index contributed by atoms with van der Waals surface area (Å²) in [6, 6.07) is 0. The maximum Gasteiger partial charge on any atom is 0.308 e. The zero-order valence-electron chi connectivity index (χ0n) is 16.4. The fourth-order valence-electron chi connectivity index (χ4n) is 2.63. The van der Waals surface area contributed by atoms with E-state index in [-0.39, 0.29) is 23.8 Å². The molecule has 142 valence electrons. The standard InChI is InChI=1S/C19H37NO4/c1-7-17(13-15(4)5)19(22)24-11-9-20-8-10-23-18(21)16(6)12-14(2)3/h14-17,20H,7-13H2,1-6H3. The SMILES string of the molecule is CCC(CC(C)C)C(=O)OCCNCCOC(=O)C(C)CC(C)C. The fraction of sp³-hybridized carbons (Fsp3) is 0.895. The third-order valence-corrected chi connectivity index (χ3v) is 3.86. The van der Waals surface area contributed by atoms with Crippen molar-refractivity contribution >= 4 is 11.9 Å². The molecule has 0 aliphatic carbocycles. The molecule has 0 aliphatic heterocycles. The van der Waals surface area contributed by atoms with Gasteiger partial charge < -0.3 is 14.8 Å². The molecule has 0 bridgehead atoms. The van der Waals surface area contributed by atoms with Crippen molar-refractivity contribution in [3.05, 3.63) is 0 Å². The van der Waals surface area contributed by atoms with Gasteiger partial charge in [0.2, 0.25) is 0 Å². The molecule has 0 saturated carbocycles. The molecule has 2 atom stereocenters. The number of rotatable bonds is 13. The largest absolute Gasteiger partial charge is 0.464 e. The Labute approximate surface area is 147 Å². The Balaban J connectivity index is 3.70. The third kappa shape index (κ3) is 11.4. The summed E-state index contributed by atoms with van der Waals surface area (Å²) in [7, 11) is 0. The molecule has 0 heterocycles. The Morgan fingerprint density at radius 3 is 1.79 bits per heavy atom. The van der Waals surface area contributed by atoms with E-state index in [1.807, 2.05) is 13.8 Å². The summed E-state index contributed by atoms with van der Waals surface area (Å²) < 4.78 is 10.5. The van der Waals surface area contributed by atoms with Crippen molar-refractivity contribution in [1.82, 2.24) is 5.32 Å². The maximum absolute atomic E-state index is 11.9. The van der Waals surface area contributed by atoms with Crippen LogP contribution in [0, 0.1) is 23.7 Å². The molecule has 5 nitrogen and oxygen atoms in total. The first-order chi connectivity index (χ1) is 11.3. The molecule has 5 heteroatoms. The van der Waals surface area contributed by atoms with Crippen LogP contribution in [0.5, 0.6) is 0 Å². The van der Waals surface area contributed by atoms with Crippen molar-refractivity contribution in [1.29, 1.82) is 0 Å². The van der Waals surface area contributed by atoms with E-state index in [4.69, 9.17) is 9.47 Å². The van der Waals surface area contributed by atoms with Crippen LogP contribution in [0.2, 0.25) is 0 Å². The fourth-order valence-corrected chi connectivity index (χ4v) is 2.63. The van der Waals surface area contributed by atoms with Crippen LogP contribution in [0.3, 0.4) is 0 Å². The van der Waals surface area contributed by atoms with E-state index in [2.05, 4.69) is 33.0 Å². The topological polar surface area (TPSA) is 64.6 Å². The van der Waals surface area contributed by atoms with Gasteiger partial charge in [0.1, 0.15) is 13.2 Å².